The van der Waals surface area contributed by atoms with E-state index in [-0.39, 0.29) is 5.11 Å². The van der Waals surface area contributed by atoms with Gasteiger partial charge < -0.3 is 14.2 Å². The van der Waals surface area contributed by atoms with Crippen LogP contribution in [0.25, 0.3) is 40.0 Å². The number of hydrogen-bond donors (Lipinski definition) is 2. The molecule has 1 amide bonds. The SMILES string of the molecule is Cc1ccc(-c2nc3cc(Cl)ccc3o2)cc1NC(=S)NC(=O)/C=C/c1ccc(-c2cc(Cl)cc(Cl)c2)o1. The van der Waals surface area contributed by atoms with Crippen LogP contribution in [0, 0.1) is 6.92 Å². The summed E-state index contributed by atoms with van der Waals surface area (Å²) in [6, 6.07) is 19.5. The Morgan fingerprint density at radius 3 is 2.47 bits per heavy atom. The van der Waals surface area contributed by atoms with Crippen LogP contribution in [0.5, 0.6) is 0 Å². The van der Waals surface area contributed by atoms with Crippen LogP contribution in [-0.4, -0.2) is 16.0 Å². The van der Waals surface area contributed by atoms with Crippen molar-refractivity contribution in [3.63, 3.8) is 0 Å². The van der Waals surface area contributed by atoms with Crippen LogP contribution >= 0.6 is 47.0 Å². The van der Waals surface area contributed by atoms with Crippen molar-refractivity contribution in [2.75, 3.05) is 5.32 Å². The number of oxazole rings is 1. The molecule has 10 heteroatoms. The van der Waals surface area contributed by atoms with Crippen molar-refractivity contribution in [3.8, 4) is 22.8 Å². The molecule has 5 aromatic rings. The number of thiocarbonyl (C=S) groups is 1. The summed E-state index contributed by atoms with van der Waals surface area (Å²) in [4.78, 5) is 17.0. The molecule has 190 valence electrons. The maximum Gasteiger partial charge on any atom is 0.250 e. The van der Waals surface area contributed by atoms with Gasteiger partial charge in [0.05, 0.1) is 0 Å². The second-order valence-corrected chi connectivity index (χ2v) is 10.0. The molecule has 0 atom stereocenters. The normalized spacial score (nSPS) is 11.3. The first kappa shape index (κ1) is 26.0. The van der Waals surface area contributed by atoms with Gasteiger partial charge in [-0.15, -0.1) is 0 Å². The van der Waals surface area contributed by atoms with Crippen LogP contribution in [0.1, 0.15) is 11.3 Å². The number of furan rings is 1. The summed E-state index contributed by atoms with van der Waals surface area (Å²) >= 11 is 23.5. The molecule has 5 rings (SSSR count). The van der Waals surface area contributed by atoms with Crippen molar-refractivity contribution < 1.29 is 13.6 Å². The van der Waals surface area contributed by atoms with Crippen molar-refractivity contribution in [2.24, 2.45) is 0 Å². The van der Waals surface area contributed by atoms with Gasteiger partial charge in [0.15, 0.2) is 10.7 Å². The zero-order valence-electron chi connectivity index (χ0n) is 19.7. The highest BCUT2D eigenvalue weighted by Gasteiger charge is 2.12. The van der Waals surface area contributed by atoms with Crippen LogP contribution in [0.4, 0.5) is 5.69 Å². The molecule has 0 spiro atoms. The Kier molecular flexibility index (Phi) is 7.53. The van der Waals surface area contributed by atoms with E-state index in [0.717, 1.165) is 16.7 Å². The lowest BCUT2D eigenvalue weighted by Gasteiger charge is -2.11. The van der Waals surface area contributed by atoms with E-state index in [4.69, 9.17) is 55.9 Å². The fraction of sp³-hybridized carbons (Fsp3) is 0.0357. The van der Waals surface area contributed by atoms with Gasteiger partial charge in [0.1, 0.15) is 17.0 Å². The molecule has 2 heterocycles. The number of carbonyl (C=O) groups excluding carboxylic acids is 1. The minimum atomic E-state index is -0.420. The van der Waals surface area contributed by atoms with Gasteiger partial charge in [-0.2, -0.15) is 0 Å². The summed E-state index contributed by atoms with van der Waals surface area (Å²) < 4.78 is 11.6. The van der Waals surface area contributed by atoms with Crippen LogP contribution in [0.15, 0.2) is 81.6 Å². The van der Waals surface area contributed by atoms with E-state index in [1.807, 2.05) is 25.1 Å². The van der Waals surface area contributed by atoms with Crippen molar-refractivity contribution in [1.29, 1.82) is 0 Å². The number of amides is 1. The molecule has 0 bridgehead atoms. The summed E-state index contributed by atoms with van der Waals surface area (Å²) in [7, 11) is 0. The highest BCUT2D eigenvalue weighted by atomic mass is 35.5. The summed E-state index contributed by atoms with van der Waals surface area (Å²) in [5.41, 5.74) is 4.40. The second kappa shape index (κ2) is 11.0. The predicted molar refractivity (Wildman–Crippen MR) is 157 cm³/mol. The van der Waals surface area contributed by atoms with Gasteiger partial charge in [0, 0.05) is 38.0 Å². The van der Waals surface area contributed by atoms with Gasteiger partial charge in [0.2, 0.25) is 11.8 Å². The Morgan fingerprint density at radius 1 is 0.895 bits per heavy atom. The van der Waals surface area contributed by atoms with E-state index in [1.165, 1.54) is 6.08 Å². The number of anilines is 1. The molecule has 0 radical (unpaired) electrons. The molecule has 0 saturated carbocycles. The van der Waals surface area contributed by atoms with Crippen LogP contribution in [-0.2, 0) is 4.79 Å². The predicted octanol–water partition coefficient (Wildman–Crippen LogP) is 8.55. The first-order chi connectivity index (χ1) is 18.2. The molecule has 3 aromatic carbocycles. The Bertz CT molecular complexity index is 1700. The Hall–Kier alpha value is -3.62. The average Bonchev–Trinajstić information content (AvgIpc) is 3.50. The molecule has 2 N–H and O–H groups in total. The molecule has 38 heavy (non-hydrogen) atoms. The van der Waals surface area contributed by atoms with Crippen molar-refractivity contribution in [2.45, 2.75) is 6.92 Å². The first-order valence-corrected chi connectivity index (χ1v) is 12.8. The molecular weight excluding hydrogens is 565 g/mol. The number of halogens is 3. The smallest absolute Gasteiger partial charge is 0.250 e. The topological polar surface area (TPSA) is 80.3 Å². The third-order valence-corrected chi connectivity index (χ3v) is 6.37. The Morgan fingerprint density at radius 2 is 1.68 bits per heavy atom. The number of nitrogens with zero attached hydrogens (tertiary/aromatic N) is 1. The first-order valence-electron chi connectivity index (χ1n) is 11.3. The monoisotopic (exact) mass is 581 g/mol. The average molecular weight is 583 g/mol. The van der Waals surface area contributed by atoms with Crippen molar-refractivity contribution in [3.05, 3.63) is 99.2 Å². The molecule has 0 aliphatic heterocycles. The number of aryl methyl sites for hydroxylation is 1. The van der Waals surface area contributed by atoms with E-state index in [2.05, 4.69) is 15.6 Å². The van der Waals surface area contributed by atoms with Crippen LogP contribution < -0.4 is 10.6 Å². The number of aromatic nitrogens is 1. The number of nitrogens with one attached hydrogen (secondary N) is 2. The lowest BCUT2D eigenvalue weighted by Crippen LogP contribution is -2.33. The minimum Gasteiger partial charge on any atom is -0.457 e. The molecule has 6 nitrogen and oxygen atoms in total. The molecule has 0 saturated heterocycles. The number of fused-ring (bicyclic) bond motifs is 1. The number of rotatable bonds is 5. The second-order valence-electron chi connectivity index (χ2n) is 8.30. The summed E-state index contributed by atoms with van der Waals surface area (Å²) in [6.07, 6.45) is 2.87. The Balaban J connectivity index is 1.24. The quantitative estimate of drug-likeness (QED) is 0.160. The van der Waals surface area contributed by atoms with Gasteiger partial charge in [0.25, 0.3) is 0 Å². The van der Waals surface area contributed by atoms with E-state index in [0.29, 0.717) is 49.3 Å². The largest absolute Gasteiger partial charge is 0.457 e. The summed E-state index contributed by atoms with van der Waals surface area (Å²) in [6.45, 7) is 1.92. The standard InChI is InChI=1S/C28H18Cl3N3O3S/c1-15-2-3-16(27-32-23-14-18(29)4-7-25(23)37-27)12-22(15)33-28(38)34-26(35)9-6-21-5-8-24(36-21)17-10-19(30)13-20(31)11-17/h2-14H,1H3,(H2,33,34,35,38)/b9-6+. The molecular formula is C28H18Cl3N3O3S. The lowest BCUT2D eigenvalue weighted by atomic mass is 10.1. The molecule has 0 aliphatic rings. The van der Waals surface area contributed by atoms with Gasteiger partial charge in [-0.05, 0) is 91.4 Å². The third kappa shape index (κ3) is 6.09. The summed E-state index contributed by atoms with van der Waals surface area (Å²) in [5, 5.41) is 7.41. The van der Waals surface area contributed by atoms with E-state index in [9.17, 15) is 4.79 Å². The van der Waals surface area contributed by atoms with E-state index >= 15 is 0 Å². The van der Waals surface area contributed by atoms with Crippen molar-refractivity contribution in [1.82, 2.24) is 10.3 Å². The maximum absolute atomic E-state index is 12.4. The van der Waals surface area contributed by atoms with E-state index in [1.54, 1.807) is 54.6 Å². The van der Waals surface area contributed by atoms with Crippen molar-refractivity contribution >= 4 is 80.9 Å². The maximum atomic E-state index is 12.4. The number of benzene rings is 3. The zero-order valence-corrected chi connectivity index (χ0v) is 22.8. The number of carbonyl (C=O) groups is 1. The van der Waals surface area contributed by atoms with Gasteiger partial charge in [-0.25, -0.2) is 4.98 Å². The lowest BCUT2D eigenvalue weighted by molar-refractivity contribution is -0.115. The minimum absolute atomic E-state index is 0.137. The van der Waals surface area contributed by atoms with Crippen LogP contribution in [0.3, 0.4) is 0 Å². The third-order valence-electron chi connectivity index (χ3n) is 5.49. The van der Waals surface area contributed by atoms with Crippen LogP contribution in [0.2, 0.25) is 15.1 Å². The molecule has 2 aromatic heterocycles. The van der Waals surface area contributed by atoms with Gasteiger partial charge >= 0.3 is 0 Å². The fourth-order valence-corrected chi connectivity index (χ4v) is 4.58. The highest BCUT2D eigenvalue weighted by molar-refractivity contribution is 7.80. The highest BCUT2D eigenvalue weighted by Crippen LogP contribution is 2.30. The zero-order chi connectivity index (χ0) is 26.8. The molecule has 0 unspecified atom stereocenters. The summed E-state index contributed by atoms with van der Waals surface area (Å²) in [5.74, 6) is 1.08. The van der Waals surface area contributed by atoms with Gasteiger partial charge in [-0.1, -0.05) is 40.9 Å². The van der Waals surface area contributed by atoms with E-state index < -0.39 is 5.91 Å². The Labute approximate surface area is 238 Å². The fourth-order valence-electron chi connectivity index (χ4n) is 3.67. The number of hydrogen-bond acceptors (Lipinski definition) is 5. The van der Waals surface area contributed by atoms with Gasteiger partial charge in [-0.3, -0.25) is 10.1 Å². The molecule has 0 fully saturated rings. The molecule has 0 aliphatic carbocycles.